The lowest BCUT2D eigenvalue weighted by Gasteiger charge is -2.24. The van der Waals surface area contributed by atoms with Gasteiger partial charge in [0.15, 0.2) is 0 Å². The van der Waals surface area contributed by atoms with Gasteiger partial charge in [-0.1, -0.05) is 36.4 Å². The SMILES string of the molecule is C[C]1c2ccccc2Oc2ccccc21. The van der Waals surface area contributed by atoms with Gasteiger partial charge in [-0.25, -0.2) is 0 Å². The molecule has 0 amide bonds. The van der Waals surface area contributed by atoms with Crippen molar-refractivity contribution in [3.05, 3.63) is 65.6 Å². The highest BCUT2D eigenvalue weighted by molar-refractivity contribution is 5.60. The van der Waals surface area contributed by atoms with Crippen molar-refractivity contribution in [3.8, 4) is 11.5 Å². The number of hydrogen-bond acceptors (Lipinski definition) is 1. The van der Waals surface area contributed by atoms with E-state index in [4.69, 9.17) is 4.74 Å². The lowest BCUT2D eigenvalue weighted by atomic mass is 9.90. The number of para-hydroxylation sites is 2. The quantitative estimate of drug-likeness (QED) is 0.621. The Hall–Kier alpha value is -1.76. The molecule has 1 heterocycles. The zero-order valence-corrected chi connectivity index (χ0v) is 8.53. The highest BCUT2D eigenvalue weighted by Crippen LogP contribution is 2.42. The Morgan fingerprint density at radius 2 is 1.20 bits per heavy atom. The van der Waals surface area contributed by atoms with Crippen LogP contribution in [0.1, 0.15) is 18.1 Å². The van der Waals surface area contributed by atoms with Gasteiger partial charge in [0.05, 0.1) is 0 Å². The predicted molar refractivity (Wildman–Crippen MR) is 60.1 cm³/mol. The van der Waals surface area contributed by atoms with E-state index in [2.05, 4.69) is 19.1 Å². The van der Waals surface area contributed by atoms with Crippen LogP contribution < -0.4 is 4.74 Å². The number of fused-ring (bicyclic) bond motifs is 2. The van der Waals surface area contributed by atoms with Gasteiger partial charge >= 0.3 is 0 Å². The Morgan fingerprint density at radius 1 is 0.733 bits per heavy atom. The second-order valence-corrected chi connectivity index (χ2v) is 3.72. The summed E-state index contributed by atoms with van der Waals surface area (Å²) in [7, 11) is 0. The van der Waals surface area contributed by atoms with E-state index in [0.717, 1.165) is 11.5 Å². The van der Waals surface area contributed by atoms with Crippen LogP contribution in [0.3, 0.4) is 0 Å². The highest BCUT2D eigenvalue weighted by Gasteiger charge is 2.23. The van der Waals surface area contributed by atoms with Gasteiger partial charge in [-0.2, -0.15) is 0 Å². The summed E-state index contributed by atoms with van der Waals surface area (Å²) in [5.74, 6) is 3.19. The second-order valence-electron chi connectivity index (χ2n) is 3.72. The molecule has 73 valence electrons. The normalized spacial score (nSPS) is 13.9. The van der Waals surface area contributed by atoms with Gasteiger partial charge < -0.3 is 4.74 Å². The summed E-state index contributed by atoms with van der Waals surface area (Å²) in [6.07, 6.45) is 0. The molecule has 1 nitrogen and oxygen atoms in total. The van der Waals surface area contributed by atoms with Gasteiger partial charge in [-0.05, 0) is 19.1 Å². The van der Waals surface area contributed by atoms with Crippen molar-refractivity contribution >= 4 is 0 Å². The average Bonchev–Trinajstić information content (AvgIpc) is 2.30. The molecule has 1 aliphatic rings. The summed E-state index contributed by atoms with van der Waals surface area (Å²) in [5.41, 5.74) is 2.38. The summed E-state index contributed by atoms with van der Waals surface area (Å²) in [6.45, 7) is 2.14. The third-order valence-corrected chi connectivity index (χ3v) is 2.80. The van der Waals surface area contributed by atoms with Crippen LogP contribution in [0.2, 0.25) is 0 Å². The molecule has 2 aromatic rings. The summed E-state index contributed by atoms with van der Waals surface area (Å²) in [5, 5.41) is 0. The molecule has 0 atom stereocenters. The maximum Gasteiger partial charge on any atom is 0.131 e. The first kappa shape index (κ1) is 8.54. The van der Waals surface area contributed by atoms with Crippen molar-refractivity contribution in [1.82, 2.24) is 0 Å². The van der Waals surface area contributed by atoms with Crippen LogP contribution in [-0.2, 0) is 0 Å². The summed E-state index contributed by atoms with van der Waals surface area (Å²) in [6, 6.07) is 16.3. The molecule has 1 aliphatic heterocycles. The van der Waals surface area contributed by atoms with Crippen LogP contribution in [-0.4, -0.2) is 0 Å². The van der Waals surface area contributed by atoms with Crippen LogP contribution in [0.15, 0.2) is 48.5 Å². The average molecular weight is 195 g/mol. The van der Waals surface area contributed by atoms with Crippen molar-refractivity contribution in [2.75, 3.05) is 0 Å². The monoisotopic (exact) mass is 195 g/mol. The number of rotatable bonds is 0. The van der Waals surface area contributed by atoms with Gasteiger partial charge in [0.1, 0.15) is 11.5 Å². The minimum absolute atomic E-state index is 0.953. The molecule has 0 bridgehead atoms. The van der Waals surface area contributed by atoms with Crippen LogP contribution in [0.5, 0.6) is 11.5 Å². The Kier molecular flexibility index (Phi) is 1.78. The highest BCUT2D eigenvalue weighted by atomic mass is 16.5. The summed E-state index contributed by atoms with van der Waals surface area (Å²) >= 11 is 0. The van der Waals surface area contributed by atoms with Crippen molar-refractivity contribution in [2.24, 2.45) is 0 Å². The van der Waals surface area contributed by atoms with Gasteiger partial charge in [0.25, 0.3) is 0 Å². The topological polar surface area (TPSA) is 9.23 Å². The summed E-state index contributed by atoms with van der Waals surface area (Å²) < 4.78 is 5.83. The predicted octanol–water partition coefficient (Wildman–Crippen LogP) is 3.78. The fourth-order valence-corrected chi connectivity index (χ4v) is 1.99. The molecule has 1 heteroatoms. The minimum atomic E-state index is 0.953. The number of benzene rings is 2. The van der Waals surface area contributed by atoms with E-state index in [1.165, 1.54) is 17.0 Å². The minimum Gasteiger partial charge on any atom is -0.457 e. The number of hydrogen-bond donors (Lipinski definition) is 0. The molecule has 0 aliphatic carbocycles. The first-order chi connectivity index (χ1) is 7.36. The third-order valence-electron chi connectivity index (χ3n) is 2.80. The molecule has 0 spiro atoms. The van der Waals surface area contributed by atoms with Crippen LogP contribution in [0, 0.1) is 5.92 Å². The van der Waals surface area contributed by atoms with Crippen LogP contribution in [0.4, 0.5) is 0 Å². The van der Waals surface area contributed by atoms with Crippen LogP contribution >= 0.6 is 0 Å². The third kappa shape index (κ3) is 1.23. The molecule has 0 saturated heterocycles. The van der Waals surface area contributed by atoms with E-state index in [1.54, 1.807) is 0 Å². The molecule has 0 saturated carbocycles. The maximum absolute atomic E-state index is 5.83. The Labute approximate surface area is 89.3 Å². The standard InChI is InChI=1S/C14H11O/c1-10-11-6-2-4-8-13(11)15-14-9-5-3-7-12(10)14/h2-9H,1H3. The Bertz CT molecular complexity index is 457. The first-order valence-corrected chi connectivity index (χ1v) is 5.06. The lowest BCUT2D eigenvalue weighted by Crippen LogP contribution is -2.07. The molecule has 0 aromatic heterocycles. The van der Waals surface area contributed by atoms with Crippen LogP contribution in [0.25, 0.3) is 0 Å². The molecule has 1 radical (unpaired) electrons. The molecule has 2 aromatic carbocycles. The van der Waals surface area contributed by atoms with Gasteiger partial charge in [-0.15, -0.1) is 0 Å². The van der Waals surface area contributed by atoms with Gasteiger partial charge in [0, 0.05) is 17.0 Å². The van der Waals surface area contributed by atoms with E-state index in [9.17, 15) is 0 Å². The van der Waals surface area contributed by atoms with E-state index < -0.39 is 0 Å². The van der Waals surface area contributed by atoms with Crippen molar-refractivity contribution in [1.29, 1.82) is 0 Å². The van der Waals surface area contributed by atoms with E-state index in [0.29, 0.717) is 0 Å². The van der Waals surface area contributed by atoms with Gasteiger partial charge in [0.2, 0.25) is 0 Å². The second kappa shape index (κ2) is 3.13. The largest absolute Gasteiger partial charge is 0.457 e. The van der Waals surface area contributed by atoms with Crippen molar-refractivity contribution < 1.29 is 4.74 Å². The van der Waals surface area contributed by atoms with E-state index >= 15 is 0 Å². The Morgan fingerprint density at radius 3 is 1.73 bits per heavy atom. The molecule has 0 unspecified atom stereocenters. The number of ether oxygens (including phenoxy) is 1. The van der Waals surface area contributed by atoms with E-state index in [-0.39, 0.29) is 0 Å². The molecular formula is C14H11O. The molecule has 3 rings (SSSR count). The zero-order chi connectivity index (χ0) is 10.3. The zero-order valence-electron chi connectivity index (χ0n) is 8.53. The molecular weight excluding hydrogens is 184 g/mol. The first-order valence-electron chi connectivity index (χ1n) is 5.06. The maximum atomic E-state index is 5.83. The van der Waals surface area contributed by atoms with Crippen molar-refractivity contribution in [2.45, 2.75) is 6.92 Å². The van der Waals surface area contributed by atoms with E-state index in [1.807, 2.05) is 36.4 Å². The van der Waals surface area contributed by atoms with Crippen molar-refractivity contribution in [3.63, 3.8) is 0 Å². The molecule has 0 fully saturated rings. The Balaban J connectivity index is 2.20. The lowest BCUT2D eigenvalue weighted by molar-refractivity contribution is 0.464. The fraction of sp³-hybridized carbons (Fsp3) is 0.0714. The molecule has 0 N–H and O–H groups in total. The summed E-state index contributed by atoms with van der Waals surface area (Å²) in [4.78, 5) is 0. The smallest absolute Gasteiger partial charge is 0.131 e. The molecule has 15 heavy (non-hydrogen) atoms. The fourth-order valence-electron chi connectivity index (χ4n) is 1.99. The van der Waals surface area contributed by atoms with Gasteiger partial charge in [-0.3, -0.25) is 0 Å².